The molecule has 4 heteroatoms. The first-order chi connectivity index (χ1) is 9.63. The van der Waals surface area contributed by atoms with E-state index in [0.29, 0.717) is 6.42 Å². The van der Waals surface area contributed by atoms with E-state index < -0.39 is 5.97 Å². The number of benzene rings is 1. The monoisotopic (exact) mass is 265 g/mol. The van der Waals surface area contributed by atoms with Gasteiger partial charge in [-0.1, -0.05) is 30.3 Å². The lowest BCUT2D eigenvalue weighted by Crippen LogP contribution is -2.07. The molecule has 1 unspecified atom stereocenters. The van der Waals surface area contributed by atoms with E-state index in [4.69, 9.17) is 15.6 Å². The van der Waals surface area contributed by atoms with Crippen LogP contribution in [0.5, 0.6) is 0 Å². The Kier molecular flexibility index (Phi) is 5.96. The highest BCUT2D eigenvalue weighted by atomic mass is 16.5. The molecule has 0 fully saturated rings. The number of carbonyl (C=O) groups excluding carboxylic acids is 1. The smallest absolute Gasteiger partial charge is 0.334 e. The van der Waals surface area contributed by atoms with Crippen LogP contribution in [0.25, 0.3) is 0 Å². The first kappa shape index (κ1) is 13.6. The largest absolute Gasteiger partial charge is 0.501 e. The average molecular weight is 265 g/mol. The maximum absolute atomic E-state index is 11.6. The van der Waals surface area contributed by atoms with Gasteiger partial charge in [-0.2, -0.15) is 0 Å². The molecule has 0 spiro atoms. The SMILES string of the molecule is [2H]/C(C(=O)OCC)=C(/CC(OC)c1ccccc1)OC. The zero-order chi connectivity index (χ0) is 15.0. The van der Waals surface area contributed by atoms with E-state index >= 15 is 0 Å². The van der Waals surface area contributed by atoms with Crippen LogP contribution in [-0.4, -0.2) is 26.8 Å². The third-order valence-corrected chi connectivity index (χ3v) is 2.59. The van der Waals surface area contributed by atoms with Gasteiger partial charge in [0.25, 0.3) is 0 Å². The van der Waals surface area contributed by atoms with Crippen molar-refractivity contribution < 1.29 is 20.4 Å². The van der Waals surface area contributed by atoms with E-state index in [1.54, 1.807) is 14.0 Å². The zero-order valence-electron chi connectivity index (χ0n) is 12.5. The summed E-state index contributed by atoms with van der Waals surface area (Å²) in [6.45, 7) is 1.92. The van der Waals surface area contributed by atoms with Gasteiger partial charge in [0.05, 0.1) is 27.2 Å². The van der Waals surface area contributed by atoms with Crippen molar-refractivity contribution >= 4 is 5.97 Å². The average Bonchev–Trinajstić information content (AvgIpc) is 2.49. The number of methoxy groups -OCH3 is 2. The van der Waals surface area contributed by atoms with Gasteiger partial charge in [0.1, 0.15) is 5.76 Å². The molecule has 0 saturated carbocycles. The summed E-state index contributed by atoms with van der Waals surface area (Å²) in [7, 11) is 3.01. The van der Waals surface area contributed by atoms with E-state index in [0.717, 1.165) is 5.56 Å². The molecule has 0 saturated heterocycles. The fourth-order valence-corrected chi connectivity index (χ4v) is 1.64. The van der Waals surface area contributed by atoms with Crippen LogP contribution in [0.3, 0.4) is 0 Å². The van der Waals surface area contributed by atoms with E-state index in [9.17, 15) is 4.79 Å². The normalized spacial score (nSPS) is 14.2. The van der Waals surface area contributed by atoms with Crippen LogP contribution in [0.15, 0.2) is 42.1 Å². The Morgan fingerprint density at radius 2 is 2.05 bits per heavy atom. The van der Waals surface area contributed by atoms with Crippen molar-refractivity contribution in [3.8, 4) is 0 Å². The first-order valence-electron chi connectivity index (χ1n) is 6.62. The van der Waals surface area contributed by atoms with Crippen LogP contribution in [0.2, 0.25) is 0 Å². The van der Waals surface area contributed by atoms with Crippen LogP contribution < -0.4 is 0 Å². The second kappa shape index (κ2) is 8.32. The molecule has 1 aromatic rings. The van der Waals surface area contributed by atoms with E-state index in [1.165, 1.54) is 7.11 Å². The Morgan fingerprint density at radius 3 is 2.58 bits per heavy atom. The van der Waals surface area contributed by atoms with E-state index in [1.807, 2.05) is 30.3 Å². The second-order valence-electron chi connectivity index (χ2n) is 3.81. The molecule has 0 radical (unpaired) electrons. The van der Waals surface area contributed by atoms with Crippen LogP contribution in [0.1, 0.15) is 26.4 Å². The van der Waals surface area contributed by atoms with Crippen molar-refractivity contribution in [3.63, 3.8) is 0 Å². The Balaban J connectivity index is 2.91. The van der Waals surface area contributed by atoms with Crippen molar-refractivity contribution in [1.82, 2.24) is 0 Å². The standard InChI is InChI=1S/C15H20O4/c1-4-19-15(16)11-13(17-2)10-14(18-3)12-8-6-5-7-9-12/h5-9,11,14H,4,10H2,1-3H3/b13-11+/i11D. The summed E-state index contributed by atoms with van der Waals surface area (Å²) >= 11 is 0. The third kappa shape index (κ3) is 5.14. The lowest BCUT2D eigenvalue weighted by molar-refractivity contribution is -0.137. The van der Waals surface area contributed by atoms with Crippen LogP contribution in [-0.2, 0) is 19.0 Å². The number of hydrogen-bond acceptors (Lipinski definition) is 4. The van der Waals surface area contributed by atoms with E-state index in [2.05, 4.69) is 0 Å². The summed E-state index contributed by atoms with van der Waals surface area (Å²) in [6, 6.07) is 9.31. The summed E-state index contributed by atoms with van der Waals surface area (Å²) in [5.41, 5.74) is 0.959. The highest BCUT2D eigenvalue weighted by Gasteiger charge is 2.14. The number of hydrogen-bond donors (Lipinski definition) is 0. The number of rotatable bonds is 7. The van der Waals surface area contributed by atoms with Crippen LogP contribution in [0, 0.1) is 0 Å². The van der Waals surface area contributed by atoms with Crippen LogP contribution in [0.4, 0.5) is 0 Å². The molecule has 0 heterocycles. The quantitative estimate of drug-likeness (QED) is 0.432. The Labute approximate surface area is 115 Å². The van der Waals surface area contributed by atoms with Gasteiger partial charge in [0.2, 0.25) is 0 Å². The van der Waals surface area contributed by atoms with Gasteiger partial charge in [-0.05, 0) is 12.5 Å². The fraction of sp³-hybridized carbons (Fsp3) is 0.400. The minimum atomic E-state index is -0.688. The van der Waals surface area contributed by atoms with Gasteiger partial charge in [0.15, 0.2) is 0 Å². The molecule has 1 atom stereocenters. The molecule has 104 valence electrons. The minimum absolute atomic E-state index is 0.227. The van der Waals surface area contributed by atoms with Gasteiger partial charge in [-0.25, -0.2) is 4.79 Å². The highest BCUT2D eigenvalue weighted by molar-refractivity contribution is 5.82. The predicted octanol–water partition coefficient (Wildman–Crippen LogP) is 2.86. The lowest BCUT2D eigenvalue weighted by atomic mass is 10.1. The van der Waals surface area contributed by atoms with Crippen molar-refractivity contribution in [2.24, 2.45) is 0 Å². The van der Waals surface area contributed by atoms with Crippen molar-refractivity contribution in [2.45, 2.75) is 19.4 Å². The van der Waals surface area contributed by atoms with Crippen molar-refractivity contribution in [1.29, 1.82) is 0 Å². The van der Waals surface area contributed by atoms with Crippen molar-refractivity contribution in [3.05, 3.63) is 47.7 Å². The Hall–Kier alpha value is -1.81. The van der Waals surface area contributed by atoms with E-state index in [-0.39, 0.29) is 24.5 Å². The van der Waals surface area contributed by atoms with Crippen LogP contribution >= 0.6 is 0 Å². The number of ether oxygens (including phenoxy) is 3. The summed E-state index contributed by atoms with van der Waals surface area (Å²) < 4.78 is 23.1. The first-order valence-corrected chi connectivity index (χ1v) is 6.12. The molecular weight excluding hydrogens is 244 g/mol. The molecular formula is C15H20O4. The molecule has 0 aliphatic rings. The summed E-state index contributed by atoms with van der Waals surface area (Å²) in [6.07, 6.45) is 0.0233. The molecule has 0 aliphatic carbocycles. The topological polar surface area (TPSA) is 44.8 Å². The van der Waals surface area contributed by atoms with Gasteiger partial charge >= 0.3 is 5.97 Å². The molecule has 4 nitrogen and oxygen atoms in total. The fourth-order valence-electron chi connectivity index (χ4n) is 1.64. The lowest BCUT2D eigenvalue weighted by Gasteiger charge is -2.17. The molecule has 0 bridgehead atoms. The summed E-state index contributed by atoms with van der Waals surface area (Å²) in [5, 5.41) is 0. The molecule has 0 amide bonds. The summed E-state index contributed by atoms with van der Waals surface area (Å²) in [4.78, 5) is 11.6. The number of esters is 1. The van der Waals surface area contributed by atoms with Gasteiger partial charge in [-0.15, -0.1) is 0 Å². The molecule has 0 aliphatic heterocycles. The van der Waals surface area contributed by atoms with Gasteiger partial charge < -0.3 is 14.2 Å². The maximum Gasteiger partial charge on any atom is 0.334 e. The zero-order valence-corrected chi connectivity index (χ0v) is 11.5. The highest BCUT2D eigenvalue weighted by Crippen LogP contribution is 2.24. The maximum atomic E-state index is 11.6. The molecule has 0 N–H and O–H groups in total. The van der Waals surface area contributed by atoms with Gasteiger partial charge in [-0.3, -0.25) is 0 Å². The summed E-state index contributed by atoms with van der Waals surface area (Å²) in [5.74, 6) is -0.439. The predicted molar refractivity (Wildman–Crippen MR) is 72.5 cm³/mol. The molecule has 19 heavy (non-hydrogen) atoms. The van der Waals surface area contributed by atoms with Gasteiger partial charge in [0, 0.05) is 13.5 Å². The second-order valence-corrected chi connectivity index (χ2v) is 3.81. The molecule has 1 rings (SSSR count). The number of carbonyl (C=O) groups is 1. The van der Waals surface area contributed by atoms with Crippen molar-refractivity contribution in [2.75, 3.05) is 20.8 Å². The Morgan fingerprint density at radius 1 is 1.37 bits per heavy atom. The Bertz CT molecular complexity index is 456. The molecule has 1 aromatic carbocycles. The third-order valence-electron chi connectivity index (χ3n) is 2.59. The molecule has 0 aromatic heterocycles. The minimum Gasteiger partial charge on any atom is -0.501 e.